The first-order valence-electron chi connectivity index (χ1n) is 8.24. The fourth-order valence-electron chi connectivity index (χ4n) is 2.87. The maximum Gasteiger partial charge on any atom is 0.324 e. The van der Waals surface area contributed by atoms with Gasteiger partial charge in [0, 0.05) is 6.42 Å². The van der Waals surface area contributed by atoms with Crippen LogP contribution in [0.5, 0.6) is 5.75 Å². The summed E-state index contributed by atoms with van der Waals surface area (Å²) < 4.78 is 28.0. The van der Waals surface area contributed by atoms with Gasteiger partial charge in [-0.15, -0.1) is 0 Å². The number of carboxylic acid groups (broad SMARTS) is 1. The highest BCUT2D eigenvalue weighted by atomic mass is 32.2. The number of nitrogens with one attached hydrogen (secondary N) is 1. The van der Waals surface area contributed by atoms with Crippen LogP contribution in [0.2, 0.25) is 0 Å². The number of rotatable bonds is 6. The highest BCUT2D eigenvalue weighted by Crippen LogP contribution is 2.23. The van der Waals surface area contributed by atoms with Crippen molar-refractivity contribution in [2.24, 2.45) is 0 Å². The number of hydrogen-bond acceptors (Lipinski definition) is 4. The number of benzene rings is 3. The molecule has 0 aromatic heterocycles. The van der Waals surface area contributed by atoms with Crippen molar-refractivity contribution in [2.75, 3.05) is 0 Å². The summed E-state index contributed by atoms with van der Waals surface area (Å²) in [7, 11) is -4.06. The summed E-state index contributed by atoms with van der Waals surface area (Å²) in [5, 5.41) is 20.6. The van der Waals surface area contributed by atoms with E-state index in [4.69, 9.17) is 0 Å². The summed E-state index contributed by atoms with van der Waals surface area (Å²) >= 11 is 0. The summed E-state index contributed by atoms with van der Waals surface area (Å²) in [6.45, 7) is 1.32. The second kappa shape index (κ2) is 7.02. The Kier molecular flexibility index (Phi) is 4.91. The normalized spacial score (nSPS) is 14.0. The van der Waals surface area contributed by atoms with E-state index in [-0.39, 0.29) is 17.1 Å². The molecule has 0 saturated heterocycles. The highest BCUT2D eigenvalue weighted by molar-refractivity contribution is 7.89. The fraction of sp³-hybridized carbons (Fsp3) is 0.150. The van der Waals surface area contributed by atoms with Crippen LogP contribution in [0.1, 0.15) is 12.5 Å². The Labute approximate surface area is 157 Å². The van der Waals surface area contributed by atoms with E-state index in [1.54, 1.807) is 30.3 Å². The van der Waals surface area contributed by atoms with Crippen LogP contribution in [0, 0.1) is 0 Å². The number of aliphatic carboxylic acids is 1. The predicted octanol–water partition coefficient (Wildman–Crippen LogP) is 2.91. The van der Waals surface area contributed by atoms with Crippen LogP contribution in [0.4, 0.5) is 0 Å². The Balaban J connectivity index is 1.93. The largest absolute Gasteiger partial charge is 0.508 e. The fourth-order valence-corrected chi connectivity index (χ4v) is 4.27. The van der Waals surface area contributed by atoms with Crippen molar-refractivity contribution >= 4 is 26.8 Å². The van der Waals surface area contributed by atoms with Crippen LogP contribution in [-0.4, -0.2) is 30.1 Å². The molecule has 0 aliphatic rings. The molecule has 3 rings (SSSR count). The van der Waals surface area contributed by atoms with Crippen LogP contribution in [0.15, 0.2) is 71.6 Å². The summed E-state index contributed by atoms with van der Waals surface area (Å²) in [4.78, 5) is 11.8. The lowest BCUT2D eigenvalue weighted by atomic mass is 9.94. The Bertz CT molecular complexity index is 1090. The minimum absolute atomic E-state index is 0.000573. The summed E-state index contributed by atoms with van der Waals surface area (Å²) in [6.07, 6.45) is -0.0740. The van der Waals surface area contributed by atoms with E-state index in [0.29, 0.717) is 5.56 Å². The molecule has 1 atom stereocenters. The molecule has 7 heteroatoms. The zero-order valence-corrected chi connectivity index (χ0v) is 15.4. The van der Waals surface area contributed by atoms with E-state index in [2.05, 4.69) is 4.72 Å². The maximum absolute atomic E-state index is 12.8. The van der Waals surface area contributed by atoms with Crippen molar-refractivity contribution in [3.63, 3.8) is 0 Å². The van der Waals surface area contributed by atoms with E-state index in [9.17, 15) is 23.4 Å². The maximum atomic E-state index is 12.8. The van der Waals surface area contributed by atoms with Gasteiger partial charge in [-0.1, -0.05) is 42.5 Å². The summed E-state index contributed by atoms with van der Waals surface area (Å²) in [5.74, 6) is -1.24. The minimum atomic E-state index is -4.06. The third-order valence-electron chi connectivity index (χ3n) is 4.36. The topological polar surface area (TPSA) is 104 Å². The van der Waals surface area contributed by atoms with Crippen molar-refractivity contribution in [3.05, 3.63) is 72.3 Å². The number of hydrogen-bond donors (Lipinski definition) is 3. The number of phenols is 1. The van der Waals surface area contributed by atoms with Crippen molar-refractivity contribution < 1.29 is 23.4 Å². The molecule has 0 saturated carbocycles. The van der Waals surface area contributed by atoms with Gasteiger partial charge >= 0.3 is 5.97 Å². The second-order valence-electron chi connectivity index (χ2n) is 6.59. The van der Waals surface area contributed by atoms with Gasteiger partial charge in [0.25, 0.3) is 0 Å². The standard InChI is InChI=1S/C20H19NO5S/c1-20(19(23)24,13-14-6-9-17(22)10-7-14)21-27(25,26)18-11-8-15-4-2-3-5-16(15)12-18/h2-12,21-22H,13H2,1H3,(H,23,24)/t20-/m0/s1. The molecule has 0 bridgehead atoms. The zero-order chi connectivity index (χ0) is 19.7. The molecule has 0 radical (unpaired) electrons. The zero-order valence-electron chi connectivity index (χ0n) is 14.6. The molecule has 140 valence electrons. The number of sulfonamides is 1. The Morgan fingerprint density at radius 3 is 2.26 bits per heavy atom. The Morgan fingerprint density at radius 1 is 1.00 bits per heavy atom. The van der Waals surface area contributed by atoms with Crippen LogP contribution >= 0.6 is 0 Å². The van der Waals surface area contributed by atoms with Gasteiger partial charge in [-0.05, 0) is 47.5 Å². The van der Waals surface area contributed by atoms with Gasteiger partial charge in [0.05, 0.1) is 4.90 Å². The molecule has 0 aliphatic heterocycles. The van der Waals surface area contributed by atoms with E-state index in [1.807, 2.05) is 12.1 Å². The minimum Gasteiger partial charge on any atom is -0.508 e. The van der Waals surface area contributed by atoms with E-state index in [1.165, 1.54) is 31.2 Å². The van der Waals surface area contributed by atoms with Gasteiger partial charge in [0.1, 0.15) is 11.3 Å². The van der Waals surface area contributed by atoms with Gasteiger partial charge in [-0.3, -0.25) is 4.79 Å². The lowest BCUT2D eigenvalue weighted by Gasteiger charge is -2.26. The molecule has 0 aliphatic carbocycles. The van der Waals surface area contributed by atoms with E-state index < -0.39 is 21.5 Å². The molecule has 3 N–H and O–H groups in total. The van der Waals surface area contributed by atoms with Gasteiger partial charge in [-0.2, -0.15) is 4.72 Å². The molecule has 6 nitrogen and oxygen atoms in total. The average Bonchev–Trinajstić information content (AvgIpc) is 2.62. The molecule has 0 unspecified atom stereocenters. The Hall–Kier alpha value is -2.90. The van der Waals surface area contributed by atoms with Gasteiger partial charge < -0.3 is 10.2 Å². The van der Waals surface area contributed by atoms with Crippen molar-refractivity contribution in [3.8, 4) is 5.75 Å². The summed E-state index contributed by atoms with van der Waals surface area (Å²) in [6, 6.07) is 17.9. The molecule has 3 aromatic carbocycles. The third kappa shape index (κ3) is 4.10. The number of aromatic hydroxyl groups is 1. The van der Waals surface area contributed by atoms with Gasteiger partial charge in [-0.25, -0.2) is 8.42 Å². The predicted molar refractivity (Wildman–Crippen MR) is 102 cm³/mol. The van der Waals surface area contributed by atoms with E-state index in [0.717, 1.165) is 10.8 Å². The molecule has 0 spiro atoms. The molecule has 0 heterocycles. The highest BCUT2D eigenvalue weighted by Gasteiger charge is 2.38. The molecule has 0 fully saturated rings. The SMILES string of the molecule is C[C@@](Cc1ccc(O)cc1)(NS(=O)(=O)c1ccc2ccccc2c1)C(=O)O. The van der Waals surface area contributed by atoms with Crippen LogP contribution in [0.3, 0.4) is 0 Å². The smallest absolute Gasteiger partial charge is 0.324 e. The summed E-state index contributed by atoms with van der Waals surface area (Å²) in [5.41, 5.74) is -1.17. The molecule has 27 heavy (non-hydrogen) atoms. The van der Waals surface area contributed by atoms with Gasteiger partial charge in [0.2, 0.25) is 10.0 Å². The number of phenolic OH excluding ortho intramolecular Hbond substituents is 1. The van der Waals surface area contributed by atoms with Crippen molar-refractivity contribution in [1.82, 2.24) is 4.72 Å². The lowest BCUT2D eigenvalue weighted by molar-refractivity contribution is -0.143. The lowest BCUT2D eigenvalue weighted by Crippen LogP contribution is -2.53. The van der Waals surface area contributed by atoms with Crippen LogP contribution < -0.4 is 4.72 Å². The van der Waals surface area contributed by atoms with Crippen molar-refractivity contribution in [1.29, 1.82) is 0 Å². The Morgan fingerprint density at radius 2 is 1.63 bits per heavy atom. The average molecular weight is 385 g/mol. The van der Waals surface area contributed by atoms with Crippen LogP contribution in [-0.2, 0) is 21.2 Å². The number of fused-ring (bicyclic) bond motifs is 1. The number of carboxylic acids is 1. The second-order valence-corrected chi connectivity index (χ2v) is 8.28. The number of carbonyl (C=O) groups is 1. The van der Waals surface area contributed by atoms with Crippen LogP contribution in [0.25, 0.3) is 10.8 Å². The monoisotopic (exact) mass is 385 g/mol. The quantitative estimate of drug-likeness (QED) is 0.605. The molecular formula is C20H19NO5S. The first-order valence-corrected chi connectivity index (χ1v) is 9.72. The first kappa shape index (κ1) is 18.9. The molecular weight excluding hydrogens is 366 g/mol. The van der Waals surface area contributed by atoms with Crippen molar-refractivity contribution in [2.45, 2.75) is 23.8 Å². The van der Waals surface area contributed by atoms with Gasteiger partial charge in [0.15, 0.2) is 0 Å². The van der Waals surface area contributed by atoms with E-state index >= 15 is 0 Å². The molecule has 0 amide bonds. The third-order valence-corrected chi connectivity index (χ3v) is 5.95. The first-order chi connectivity index (χ1) is 12.7. The molecule has 3 aromatic rings.